The molecule has 0 fully saturated rings. The molecule has 0 aliphatic heterocycles. The molecule has 0 bridgehead atoms. The molecule has 0 saturated heterocycles. The minimum atomic E-state index is -2.85. The van der Waals surface area contributed by atoms with E-state index in [1.807, 2.05) is 0 Å². The molecule has 2 radical (unpaired) electrons. The monoisotopic (exact) mass is 958 g/mol. The van der Waals surface area contributed by atoms with Gasteiger partial charge in [-0.25, -0.2) is 0 Å². The summed E-state index contributed by atoms with van der Waals surface area (Å²) in [6.45, 7) is 14.5. The molecule has 60 heavy (non-hydrogen) atoms. The van der Waals surface area contributed by atoms with Crippen LogP contribution in [0.3, 0.4) is 0 Å². The fourth-order valence-electron chi connectivity index (χ4n) is 10.3. The third-order valence-electron chi connectivity index (χ3n) is 12.8. The zero-order chi connectivity index (χ0) is 42.5. The van der Waals surface area contributed by atoms with Crippen LogP contribution in [0.5, 0.6) is 0 Å². The van der Waals surface area contributed by atoms with Gasteiger partial charge >= 0.3 is 37.9 Å². The standard InChI is InChI=1S/C52H58O2Si3.2ClH.Zr/c1-49(2,3)56(45-27-11-7-12-28-45,46-29-13-8-14-30-46)53-51(35-41-23-19-20-24-42(41)36-51)39-55-40-52(37-43-25-21-22-26-44(43)38-52)54-57(50(4,5)6,47-31-15-9-16-32-47)48-33-17-10-18-34-48;;;/h7-34H,35-40H2,1-6H3;2*1H;/q;;;+2/p-2. The van der Waals surface area contributed by atoms with E-state index in [9.17, 15) is 0 Å². The van der Waals surface area contributed by atoms with Gasteiger partial charge in [-0.15, -0.1) is 0 Å². The van der Waals surface area contributed by atoms with Gasteiger partial charge in [0, 0.05) is 35.2 Å². The second-order valence-electron chi connectivity index (χ2n) is 18.8. The maximum atomic E-state index is 8.27. The molecule has 6 aromatic rings. The SMILES string of the molecule is CC(C)(C)[Si](OC1(C[Si]CC2(O[Si](c3ccccc3)(c3ccccc3)C(C)(C)C)Cc3ccccc3C2)Cc2ccccc2C1)(c1ccccc1)c1ccccc1.[Cl][Zr][Cl]. The molecule has 8 rings (SSSR count). The van der Waals surface area contributed by atoms with Crippen molar-refractivity contribution in [3.63, 3.8) is 0 Å². The Morgan fingerprint density at radius 2 is 0.650 bits per heavy atom. The van der Waals surface area contributed by atoms with Crippen LogP contribution in [0.4, 0.5) is 0 Å². The summed E-state index contributed by atoms with van der Waals surface area (Å²) >= 11 is -0.826. The van der Waals surface area contributed by atoms with E-state index in [0.717, 1.165) is 37.8 Å². The van der Waals surface area contributed by atoms with Crippen LogP contribution in [0.15, 0.2) is 170 Å². The molecule has 0 N–H and O–H groups in total. The summed E-state index contributed by atoms with van der Waals surface area (Å²) < 4.78 is 16.5. The first-order valence-corrected chi connectivity index (χ1v) is 32.8. The van der Waals surface area contributed by atoms with Crippen LogP contribution in [-0.4, -0.2) is 37.4 Å². The van der Waals surface area contributed by atoms with Crippen molar-refractivity contribution in [1.29, 1.82) is 0 Å². The van der Waals surface area contributed by atoms with Gasteiger partial charge in [0.05, 0.1) is 11.2 Å². The first-order valence-electron chi connectivity index (χ1n) is 21.2. The Labute approximate surface area is 383 Å². The third-order valence-corrected chi connectivity index (χ3v) is 24.8. The van der Waals surface area contributed by atoms with E-state index in [4.69, 9.17) is 25.9 Å². The molecule has 0 aromatic heterocycles. The van der Waals surface area contributed by atoms with Gasteiger partial charge in [0.25, 0.3) is 16.6 Å². The number of benzene rings is 6. The van der Waals surface area contributed by atoms with Crippen molar-refractivity contribution >= 4 is 63.9 Å². The van der Waals surface area contributed by atoms with E-state index < -0.39 is 37.5 Å². The molecule has 2 nitrogen and oxygen atoms in total. The van der Waals surface area contributed by atoms with Crippen LogP contribution >= 0.6 is 17.0 Å². The molecule has 0 atom stereocenters. The van der Waals surface area contributed by atoms with Gasteiger partial charge in [0.15, 0.2) is 0 Å². The van der Waals surface area contributed by atoms with Gasteiger partial charge in [-0.1, -0.05) is 211 Å². The van der Waals surface area contributed by atoms with Crippen LogP contribution in [0, 0.1) is 0 Å². The van der Waals surface area contributed by atoms with Crippen LogP contribution in [0.1, 0.15) is 63.8 Å². The van der Waals surface area contributed by atoms with Gasteiger partial charge in [-0.05, 0) is 65.2 Å². The van der Waals surface area contributed by atoms with E-state index in [1.54, 1.807) is 0 Å². The predicted molar refractivity (Wildman–Crippen MR) is 258 cm³/mol. The van der Waals surface area contributed by atoms with E-state index in [1.165, 1.54) is 43.0 Å². The number of rotatable bonds is 12. The number of halogens is 2. The fraction of sp³-hybridized carbons (Fsp3) is 0.308. The van der Waals surface area contributed by atoms with Crippen molar-refractivity contribution in [3.8, 4) is 0 Å². The summed E-state index contributed by atoms with van der Waals surface area (Å²) in [7, 11) is 4.83. The normalized spacial score (nSPS) is 15.7. The van der Waals surface area contributed by atoms with Crippen LogP contribution in [-0.2, 0) is 55.4 Å². The fourth-order valence-corrected chi connectivity index (χ4v) is 21.8. The summed E-state index contributed by atoms with van der Waals surface area (Å²) in [6.07, 6.45) is 3.74. The predicted octanol–water partition coefficient (Wildman–Crippen LogP) is 11.1. The van der Waals surface area contributed by atoms with Gasteiger partial charge in [0.2, 0.25) is 0 Å². The average molecular weight is 961 g/mol. The van der Waals surface area contributed by atoms with Crippen molar-refractivity contribution in [2.24, 2.45) is 0 Å². The van der Waals surface area contributed by atoms with Gasteiger partial charge in [-0.2, -0.15) is 0 Å². The number of hydrogen-bond donors (Lipinski definition) is 0. The molecule has 2 aliphatic rings. The molecule has 308 valence electrons. The Kier molecular flexibility index (Phi) is 14.4. The zero-order valence-corrected chi connectivity index (χ0v) is 43.0. The molecule has 0 unspecified atom stereocenters. The summed E-state index contributed by atoms with van der Waals surface area (Å²) in [5, 5.41) is 5.17. The molecular weight excluding hydrogens is 903 g/mol. The second kappa shape index (κ2) is 19.0. The van der Waals surface area contributed by atoms with Crippen LogP contribution in [0.2, 0.25) is 22.2 Å². The molecular formula is C52H58Cl2O2Si3Zr. The molecule has 0 heterocycles. The van der Waals surface area contributed by atoms with E-state index >= 15 is 0 Å². The van der Waals surface area contributed by atoms with Crippen molar-refractivity contribution < 1.29 is 29.7 Å². The van der Waals surface area contributed by atoms with E-state index in [2.05, 4.69) is 211 Å². The summed E-state index contributed by atoms with van der Waals surface area (Å²) in [4.78, 5) is 0. The Balaban J connectivity index is 0.00000176. The molecule has 2 aliphatic carbocycles. The van der Waals surface area contributed by atoms with Crippen molar-refractivity contribution in [3.05, 3.63) is 192 Å². The maximum absolute atomic E-state index is 8.27. The van der Waals surface area contributed by atoms with E-state index in [-0.39, 0.29) is 21.3 Å². The Morgan fingerprint density at radius 3 is 0.867 bits per heavy atom. The van der Waals surface area contributed by atoms with Gasteiger partial charge in [0.1, 0.15) is 0 Å². The Morgan fingerprint density at radius 1 is 0.433 bits per heavy atom. The van der Waals surface area contributed by atoms with Gasteiger partial charge in [-0.3, -0.25) is 0 Å². The topological polar surface area (TPSA) is 18.5 Å². The van der Waals surface area contributed by atoms with Crippen LogP contribution in [0.25, 0.3) is 0 Å². The Bertz CT molecular complexity index is 2010. The zero-order valence-electron chi connectivity index (χ0n) is 36.0. The van der Waals surface area contributed by atoms with Crippen molar-refractivity contribution in [2.45, 2.75) is 101 Å². The molecule has 0 saturated carbocycles. The number of hydrogen-bond acceptors (Lipinski definition) is 2. The first kappa shape index (κ1) is 45.4. The second-order valence-corrected chi connectivity index (χ2v) is 32.2. The quantitative estimate of drug-likeness (QED) is 0.114. The molecule has 8 heteroatoms. The summed E-state index contributed by atoms with van der Waals surface area (Å²) in [5.74, 6) is 0. The van der Waals surface area contributed by atoms with Crippen molar-refractivity contribution in [2.75, 3.05) is 0 Å². The van der Waals surface area contributed by atoms with Crippen molar-refractivity contribution in [1.82, 2.24) is 0 Å². The minimum absolute atomic E-state index is 0.110. The van der Waals surface area contributed by atoms with Crippen LogP contribution < -0.4 is 20.7 Å². The number of fused-ring (bicyclic) bond motifs is 2. The Hall–Kier alpha value is -2.65. The average Bonchev–Trinajstić information content (AvgIpc) is 3.80. The van der Waals surface area contributed by atoms with Gasteiger partial charge < -0.3 is 8.85 Å². The summed E-state index contributed by atoms with van der Waals surface area (Å²) in [6, 6.07) is 65.1. The molecule has 6 aromatic carbocycles. The summed E-state index contributed by atoms with van der Waals surface area (Å²) in [5.41, 5.74) is 5.08. The molecule has 0 amide bonds. The third kappa shape index (κ3) is 9.20. The molecule has 0 spiro atoms. The first-order chi connectivity index (χ1) is 28.8. The van der Waals surface area contributed by atoms with E-state index in [0.29, 0.717) is 9.52 Å².